The number of furan rings is 2. The third-order valence-electron chi connectivity index (χ3n) is 10.6. The van der Waals surface area contributed by atoms with Crippen molar-refractivity contribution in [3.8, 4) is 22.3 Å². The van der Waals surface area contributed by atoms with Gasteiger partial charge in [-0.05, 0) is 104 Å². The first kappa shape index (κ1) is 29.6. The standard InChI is InChI=1S/C50H31NO2/c1-2-9-32(10-3-1)33-17-19-34(20-18-33)35-23-26-38(27-24-35)51(45-13-8-16-48-50(45)41-12-5-7-15-47(41)52-48)39-28-25-36-21-22-37-29-49-44(31-43(37)42(36)30-39)40-11-4-6-14-46(40)53-49/h1-31H. The van der Waals surface area contributed by atoms with Crippen molar-refractivity contribution in [2.75, 3.05) is 4.90 Å². The van der Waals surface area contributed by atoms with Crippen LogP contribution >= 0.6 is 0 Å². The van der Waals surface area contributed by atoms with E-state index in [2.05, 4.69) is 169 Å². The lowest BCUT2D eigenvalue weighted by molar-refractivity contribution is 0.669. The van der Waals surface area contributed by atoms with Gasteiger partial charge in [-0.15, -0.1) is 0 Å². The Morgan fingerprint density at radius 1 is 0.302 bits per heavy atom. The molecule has 2 aromatic heterocycles. The van der Waals surface area contributed by atoms with Crippen LogP contribution in [0.3, 0.4) is 0 Å². The van der Waals surface area contributed by atoms with Crippen molar-refractivity contribution in [3.63, 3.8) is 0 Å². The summed E-state index contributed by atoms with van der Waals surface area (Å²) in [6, 6.07) is 66.9. The highest BCUT2D eigenvalue weighted by atomic mass is 16.3. The van der Waals surface area contributed by atoms with Crippen LogP contribution in [0.25, 0.3) is 87.7 Å². The lowest BCUT2D eigenvalue weighted by atomic mass is 9.98. The van der Waals surface area contributed by atoms with Crippen LogP contribution in [-0.4, -0.2) is 0 Å². The zero-order valence-corrected chi connectivity index (χ0v) is 28.7. The molecule has 0 radical (unpaired) electrons. The van der Waals surface area contributed by atoms with Gasteiger partial charge in [-0.3, -0.25) is 0 Å². The molecule has 0 saturated carbocycles. The average molecular weight is 678 g/mol. The van der Waals surface area contributed by atoms with Gasteiger partial charge in [0.05, 0.1) is 11.1 Å². The molecule has 0 amide bonds. The largest absolute Gasteiger partial charge is 0.456 e. The zero-order valence-electron chi connectivity index (χ0n) is 28.7. The van der Waals surface area contributed by atoms with Gasteiger partial charge in [0.15, 0.2) is 0 Å². The summed E-state index contributed by atoms with van der Waals surface area (Å²) in [5.41, 5.74) is 11.5. The molecule has 3 nitrogen and oxygen atoms in total. The fourth-order valence-corrected chi connectivity index (χ4v) is 8.06. The molecule has 0 aliphatic heterocycles. The Balaban J connectivity index is 1.09. The summed E-state index contributed by atoms with van der Waals surface area (Å²) >= 11 is 0. The Morgan fingerprint density at radius 3 is 1.62 bits per heavy atom. The maximum atomic E-state index is 6.39. The highest BCUT2D eigenvalue weighted by Crippen LogP contribution is 2.45. The number of hydrogen-bond donors (Lipinski definition) is 0. The van der Waals surface area contributed by atoms with Gasteiger partial charge in [-0.1, -0.05) is 127 Å². The van der Waals surface area contributed by atoms with Gasteiger partial charge in [-0.25, -0.2) is 0 Å². The van der Waals surface area contributed by atoms with E-state index in [4.69, 9.17) is 8.83 Å². The monoisotopic (exact) mass is 677 g/mol. The molecular formula is C50H31NO2. The quantitative estimate of drug-likeness (QED) is 0.170. The van der Waals surface area contributed by atoms with Crippen molar-refractivity contribution in [1.82, 2.24) is 0 Å². The van der Waals surface area contributed by atoms with Crippen LogP contribution in [0, 0.1) is 0 Å². The Morgan fingerprint density at radius 2 is 0.849 bits per heavy atom. The molecule has 0 aliphatic rings. The molecule has 0 spiro atoms. The Bertz CT molecular complexity index is 3150. The van der Waals surface area contributed by atoms with Crippen LogP contribution in [0.4, 0.5) is 17.1 Å². The van der Waals surface area contributed by atoms with Gasteiger partial charge in [0.2, 0.25) is 0 Å². The molecule has 0 saturated heterocycles. The molecular weight excluding hydrogens is 647 g/mol. The first-order chi connectivity index (χ1) is 26.2. The number of anilines is 3. The lowest BCUT2D eigenvalue weighted by Gasteiger charge is -2.27. The maximum absolute atomic E-state index is 6.39. The molecule has 11 rings (SSSR count). The molecule has 11 aromatic rings. The van der Waals surface area contributed by atoms with E-state index in [0.717, 1.165) is 66.3 Å². The van der Waals surface area contributed by atoms with E-state index < -0.39 is 0 Å². The summed E-state index contributed by atoms with van der Waals surface area (Å²) in [5.74, 6) is 0. The fraction of sp³-hybridized carbons (Fsp3) is 0. The van der Waals surface area contributed by atoms with Crippen LogP contribution < -0.4 is 4.90 Å². The van der Waals surface area contributed by atoms with Crippen LogP contribution in [0.15, 0.2) is 197 Å². The minimum Gasteiger partial charge on any atom is -0.456 e. The van der Waals surface area contributed by atoms with E-state index >= 15 is 0 Å². The summed E-state index contributed by atoms with van der Waals surface area (Å²) in [7, 11) is 0. The average Bonchev–Trinajstić information content (AvgIpc) is 3.79. The van der Waals surface area contributed by atoms with E-state index in [1.807, 2.05) is 24.3 Å². The van der Waals surface area contributed by atoms with E-state index in [9.17, 15) is 0 Å². The molecule has 0 atom stereocenters. The van der Waals surface area contributed by atoms with E-state index in [1.165, 1.54) is 38.4 Å². The molecule has 9 aromatic carbocycles. The van der Waals surface area contributed by atoms with Gasteiger partial charge in [-0.2, -0.15) is 0 Å². The number of fused-ring (bicyclic) bond motifs is 9. The summed E-state index contributed by atoms with van der Waals surface area (Å²) in [5, 5.41) is 9.18. The maximum Gasteiger partial charge on any atom is 0.137 e. The third kappa shape index (κ3) is 4.82. The van der Waals surface area contributed by atoms with Crippen molar-refractivity contribution in [2.45, 2.75) is 0 Å². The predicted molar refractivity (Wildman–Crippen MR) is 222 cm³/mol. The minimum absolute atomic E-state index is 0.865. The van der Waals surface area contributed by atoms with Gasteiger partial charge >= 0.3 is 0 Å². The van der Waals surface area contributed by atoms with Gasteiger partial charge in [0, 0.05) is 27.5 Å². The van der Waals surface area contributed by atoms with Crippen molar-refractivity contribution in [1.29, 1.82) is 0 Å². The van der Waals surface area contributed by atoms with Crippen LogP contribution in [-0.2, 0) is 0 Å². The third-order valence-corrected chi connectivity index (χ3v) is 10.6. The minimum atomic E-state index is 0.865. The summed E-state index contributed by atoms with van der Waals surface area (Å²) in [4.78, 5) is 2.37. The second-order valence-electron chi connectivity index (χ2n) is 13.7. The second-order valence-corrected chi connectivity index (χ2v) is 13.7. The number of rotatable bonds is 5. The first-order valence-corrected chi connectivity index (χ1v) is 18.0. The van der Waals surface area contributed by atoms with E-state index in [-0.39, 0.29) is 0 Å². The molecule has 53 heavy (non-hydrogen) atoms. The van der Waals surface area contributed by atoms with Crippen LogP contribution in [0.2, 0.25) is 0 Å². The molecule has 0 unspecified atom stereocenters. The number of nitrogens with zero attached hydrogens (tertiary/aromatic N) is 1. The second kappa shape index (κ2) is 11.7. The Kier molecular flexibility index (Phi) is 6.55. The molecule has 0 fully saturated rings. The van der Waals surface area contributed by atoms with E-state index in [0.29, 0.717) is 0 Å². The predicted octanol–water partition coefficient (Wildman–Crippen LogP) is 14.6. The molecule has 3 heteroatoms. The topological polar surface area (TPSA) is 29.5 Å². The van der Waals surface area contributed by atoms with Crippen LogP contribution in [0.5, 0.6) is 0 Å². The molecule has 248 valence electrons. The molecule has 0 aliphatic carbocycles. The Labute approximate surface area is 305 Å². The smallest absolute Gasteiger partial charge is 0.137 e. The summed E-state index contributed by atoms with van der Waals surface area (Å²) in [6.07, 6.45) is 0. The van der Waals surface area contributed by atoms with Gasteiger partial charge in [0.1, 0.15) is 22.3 Å². The number of hydrogen-bond acceptors (Lipinski definition) is 3. The highest BCUT2D eigenvalue weighted by Gasteiger charge is 2.20. The van der Waals surface area contributed by atoms with Crippen molar-refractivity contribution in [3.05, 3.63) is 188 Å². The van der Waals surface area contributed by atoms with Crippen molar-refractivity contribution >= 4 is 82.5 Å². The molecule has 0 N–H and O–H groups in total. The fourth-order valence-electron chi connectivity index (χ4n) is 8.06. The summed E-state index contributed by atoms with van der Waals surface area (Å²) in [6.45, 7) is 0. The summed E-state index contributed by atoms with van der Waals surface area (Å²) < 4.78 is 12.7. The first-order valence-electron chi connectivity index (χ1n) is 18.0. The lowest BCUT2D eigenvalue weighted by Crippen LogP contribution is -2.10. The normalized spacial score (nSPS) is 11.8. The van der Waals surface area contributed by atoms with Gasteiger partial charge in [0.25, 0.3) is 0 Å². The number of para-hydroxylation sites is 2. The highest BCUT2D eigenvalue weighted by molar-refractivity contribution is 6.18. The van der Waals surface area contributed by atoms with Gasteiger partial charge < -0.3 is 13.7 Å². The molecule has 2 heterocycles. The molecule has 0 bridgehead atoms. The van der Waals surface area contributed by atoms with Crippen molar-refractivity contribution in [2.24, 2.45) is 0 Å². The number of benzene rings is 9. The SMILES string of the molecule is c1ccc(-c2ccc(-c3ccc(N(c4ccc5ccc6cc7oc8ccccc8c7cc6c5c4)c4cccc5oc6ccccc6c45)cc3)cc2)cc1. The Hall–Kier alpha value is -7.10. The van der Waals surface area contributed by atoms with E-state index in [1.54, 1.807) is 0 Å². The zero-order chi connectivity index (χ0) is 34.9. The van der Waals surface area contributed by atoms with Crippen molar-refractivity contribution < 1.29 is 8.83 Å². The van der Waals surface area contributed by atoms with Crippen LogP contribution in [0.1, 0.15) is 0 Å².